The third-order valence-corrected chi connectivity index (χ3v) is 2.32. The quantitative estimate of drug-likeness (QED) is 0.475. The Labute approximate surface area is 99.7 Å². The molecule has 0 unspecified atom stereocenters. The fourth-order valence-electron chi connectivity index (χ4n) is 0.107. The van der Waals surface area contributed by atoms with Gasteiger partial charge in [0.2, 0.25) is 3.79 Å². The van der Waals surface area contributed by atoms with Crippen molar-refractivity contribution in [2.75, 3.05) is 0 Å². The zero-order chi connectivity index (χ0) is 7.65. The van der Waals surface area contributed by atoms with E-state index in [0.29, 0.717) is 0 Å². The molecule has 0 saturated heterocycles. The van der Waals surface area contributed by atoms with Crippen LogP contribution in [0.4, 0.5) is 0 Å². The van der Waals surface area contributed by atoms with Crippen LogP contribution in [-0.2, 0) is 0 Å². The van der Waals surface area contributed by atoms with Crippen molar-refractivity contribution in [3.63, 3.8) is 0 Å². The van der Waals surface area contributed by atoms with Gasteiger partial charge in [0.15, 0.2) is 0 Å². The summed E-state index contributed by atoms with van der Waals surface area (Å²) in [6, 6.07) is 0. The van der Waals surface area contributed by atoms with E-state index in [1.165, 1.54) is 0 Å². The van der Waals surface area contributed by atoms with Crippen LogP contribution in [0.15, 0.2) is 9.52 Å². The van der Waals surface area contributed by atoms with Crippen molar-refractivity contribution >= 4 is 87.2 Å². The normalized spacial score (nSPS) is 10.2. The Balaban J connectivity index is 0. The van der Waals surface area contributed by atoms with Gasteiger partial charge in [-0.2, -0.15) is 0 Å². The van der Waals surface area contributed by atoms with Gasteiger partial charge in [0.25, 0.3) is 0 Å². The first kappa shape index (κ1) is 14.5. The van der Waals surface area contributed by atoms with Crippen molar-refractivity contribution in [1.82, 2.24) is 0 Å². The van der Waals surface area contributed by atoms with E-state index >= 15 is 0 Å². The van der Waals surface area contributed by atoms with E-state index in [2.05, 4.69) is 0 Å². The van der Waals surface area contributed by atoms with E-state index in [0.717, 1.165) is 0 Å². The summed E-state index contributed by atoms with van der Waals surface area (Å²) in [5.74, 6) is 0. The number of rotatable bonds is 0. The van der Waals surface area contributed by atoms with Gasteiger partial charge in [-0.15, -0.1) is 0 Å². The first-order chi connectivity index (χ1) is 3.85. The Bertz CT molecular complexity index is 130. The fraction of sp³-hybridized carbons (Fsp3) is 0.333. The summed E-state index contributed by atoms with van der Waals surface area (Å²) in [4.78, 5) is 0. The molecule has 0 fully saturated rings. The van der Waals surface area contributed by atoms with E-state index in [1.807, 2.05) is 0 Å². The zero-order valence-corrected chi connectivity index (χ0v) is 8.30. The maximum atomic E-state index is 5.31. The van der Waals surface area contributed by atoms with E-state index < -0.39 is 3.79 Å². The number of allylic oxidation sites excluding steroid dienone is 1. The summed E-state index contributed by atoms with van der Waals surface area (Å²) < 4.78 is -1.96. The van der Waals surface area contributed by atoms with Gasteiger partial charge in [-0.3, -0.25) is 0 Å². The molecule has 0 aromatic heterocycles. The molecule has 0 radical (unpaired) electrons. The third kappa shape index (κ3) is 5.65. The second-order valence-electron chi connectivity index (χ2n) is 1.07. The molecule has 62 valence electrons. The molecule has 0 aromatic carbocycles. The molecule has 0 N–H and O–H groups in total. The van der Waals surface area contributed by atoms with Crippen LogP contribution in [0, 0.1) is 0 Å². The van der Waals surface area contributed by atoms with Gasteiger partial charge in [0, 0.05) is 0 Å². The number of hydrogen-bond donors (Lipinski definition) is 0. The molecule has 7 heteroatoms. The molecule has 0 saturated carbocycles. The fourth-order valence-corrected chi connectivity index (χ4v) is 0.964. The Kier molecular flexibility index (Phi) is 8.19. The van der Waals surface area contributed by atoms with Crippen molar-refractivity contribution in [3.8, 4) is 0 Å². The molecule has 0 aliphatic heterocycles. The van der Waals surface area contributed by atoms with Crippen LogP contribution in [0.2, 0.25) is 0 Å². The van der Waals surface area contributed by atoms with Gasteiger partial charge in [0.1, 0.15) is 4.49 Å². The molecular weight excluding hydrogens is 321 g/mol. The molecule has 0 aromatic rings. The SMILES string of the molecule is ClC(Cl)=C(Cl)C(Cl)(Cl)Cl.[GeH4]. The molecule has 0 aliphatic rings. The first-order valence-electron chi connectivity index (χ1n) is 1.63. The maximum absolute atomic E-state index is 5.31. The average Bonchev–Trinajstić information content (AvgIpc) is 1.62. The van der Waals surface area contributed by atoms with Gasteiger partial charge >= 0.3 is 17.6 Å². The monoisotopic (exact) mass is 324 g/mol. The Morgan fingerprint density at radius 1 is 0.900 bits per heavy atom. The van der Waals surface area contributed by atoms with Crippen molar-refractivity contribution < 1.29 is 0 Å². The summed E-state index contributed by atoms with van der Waals surface area (Å²) in [6.45, 7) is 0. The van der Waals surface area contributed by atoms with Crippen molar-refractivity contribution in [2.24, 2.45) is 0 Å². The first-order valence-corrected chi connectivity index (χ1v) is 3.90. The number of halogens is 6. The number of alkyl halides is 3. The van der Waals surface area contributed by atoms with E-state index in [4.69, 9.17) is 69.6 Å². The molecule has 10 heavy (non-hydrogen) atoms. The van der Waals surface area contributed by atoms with Crippen LogP contribution < -0.4 is 0 Å². The zero-order valence-electron chi connectivity index (χ0n) is 3.77. The molecule has 0 aliphatic carbocycles. The van der Waals surface area contributed by atoms with Gasteiger partial charge in [-0.25, -0.2) is 0 Å². The minimum atomic E-state index is -1.72. The summed E-state index contributed by atoms with van der Waals surface area (Å²) in [6.07, 6.45) is 0. The average molecular weight is 325 g/mol. The predicted octanol–water partition coefficient (Wildman–Crippen LogP) is 2.79. The third-order valence-electron chi connectivity index (χ3n) is 0.415. The molecule has 0 bridgehead atoms. The van der Waals surface area contributed by atoms with Crippen molar-refractivity contribution in [3.05, 3.63) is 9.52 Å². The Morgan fingerprint density at radius 3 is 1.20 bits per heavy atom. The molecule has 0 rings (SSSR count). The summed E-state index contributed by atoms with van der Waals surface area (Å²) in [7, 11) is 0. The van der Waals surface area contributed by atoms with Crippen LogP contribution in [0.5, 0.6) is 0 Å². The van der Waals surface area contributed by atoms with Crippen LogP contribution in [-0.4, -0.2) is 21.4 Å². The summed E-state index contributed by atoms with van der Waals surface area (Å²) in [5, 5.41) is -0.198. The second-order valence-corrected chi connectivity index (χ2v) is 4.68. The van der Waals surface area contributed by atoms with Gasteiger partial charge in [-0.1, -0.05) is 69.6 Å². The predicted molar refractivity (Wildman–Crippen MR) is 56.2 cm³/mol. The Hall–Kier alpha value is 2.02. The van der Waals surface area contributed by atoms with E-state index in [9.17, 15) is 0 Å². The number of hydrogen-bond acceptors (Lipinski definition) is 0. The summed E-state index contributed by atoms with van der Waals surface area (Å²) >= 11 is 31.4. The molecule has 0 spiro atoms. The molecule has 0 amide bonds. The van der Waals surface area contributed by atoms with Crippen LogP contribution >= 0.6 is 69.6 Å². The standard InChI is InChI=1S/C3Cl6.GeH4/c4-1(2(5)6)3(7,8)9;/h;1H4. The van der Waals surface area contributed by atoms with Gasteiger partial charge in [-0.05, 0) is 0 Å². The van der Waals surface area contributed by atoms with Gasteiger partial charge < -0.3 is 0 Å². The molecule has 0 heterocycles. The molecular formula is C3H4Cl6Ge. The van der Waals surface area contributed by atoms with Crippen LogP contribution in [0.25, 0.3) is 0 Å². The topological polar surface area (TPSA) is 0 Å². The molecule has 0 nitrogen and oxygen atoms in total. The Morgan fingerprint density at radius 2 is 1.20 bits per heavy atom. The second kappa shape index (κ2) is 5.63. The van der Waals surface area contributed by atoms with E-state index in [-0.39, 0.29) is 27.1 Å². The minimum absolute atomic E-state index is 0. The van der Waals surface area contributed by atoms with Crippen LogP contribution in [0.1, 0.15) is 0 Å². The van der Waals surface area contributed by atoms with Gasteiger partial charge in [0.05, 0.1) is 5.03 Å². The van der Waals surface area contributed by atoms with E-state index in [1.54, 1.807) is 0 Å². The molecule has 0 atom stereocenters. The van der Waals surface area contributed by atoms with Crippen molar-refractivity contribution in [2.45, 2.75) is 3.79 Å². The van der Waals surface area contributed by atoms with Crippen molar-refractivity contribution in [1.29, 1.82) is 0 Å². The van der Waals surface area contributed by atoms with Crippen LogP contribution in [0.3, 0.4) is 0 Å². The summed E-state index contributed by atoms with van der Waals surface area (Å²) in [5.41, 5.74) is 0.